The van der Waals surface area contributed by atoms with Gasteiger partial charge in [0.05, 0.1) is 6.61 Å². The summed E-state index contributed by atoms with van der Waals surface area (Å²) in [6, 6.07) is 12.4. The minimum Gasteiger partial charge on any atom is -0.457 e. The van der Waals surface area contributed by atoms with Crippen LogP contribution in [0.15, 0.2) is 65.5 Å². The van der Waals surface area contributed by atoms with Crippen molar-refractivity contribution in [1.82, 2.24) is 5.32 Å². The second-order valence-corrected chi connectivity index (χ2v) is 7.92. The van der Waals surface area contributed by atoms with Gasteiger partial charge in [-0.1, -0.05) is 12.1 Å². The second kappa shape index (κ2) is 9.53. The molecule has 0 radical (unpaired) electrons. The van der Waals surface area contributed by atoms with E-state index in [-0.39, 0.29) is 5.75 Å². The molecular formula is C23H23F3NO4P. The first-order valence-corrected chi connectivity index (χ1v) is 10.7. The number of allylic oxidation sites excluding steroid dienone is 1. The Labute approximate surface area is 186 Å². The largest absolute Gasteiger partial charge is 0.573 e. The summed E-state index contributed by atoms with van der Waals surface area (Å²) in [6.07, 6.45) is -1.51. The number of nitrogens with one attached hydrogen (secondary N) is 1. The Bertz CT molecular complexity index is 1020. The lowest BCUT2D eigenvalue weighted by atomic mass is 9.83. The second-order valence-electron chi connectivity index (χ2n) is 7.59. The fourth-order valence-corrected chi connectivity index (χ4v) is 4.21. The van der Waals surface area contributed by atoms with Crippen LogP contribution < -0.4 is 14.8 Å². The Morgan fingerprint density at radius 1 is 0.938 bits per heavy atom. The van der Waals surface area contributed by atoms with Crippen LogP contribution in [-0.2, 0) is 4.52 Å². The topological polar surface area (TPSA) is 60.0 Å². The van der Waals surface area contributed by atoms with E-state index in [1.807, 2.05) is 12.1 Å². The van der Waals surface area contributed by atoms with Gasteiger partial charge in [-0.2, -0.15) is 0 Å². The fraction of sp³-hybridized carbons (Fsp3) is 0.304. The Morgan fingerprint density at radius 3 is 2.16 bits per heavy atom. The number of aliphatic hydroxyl groups is 1. The van der Waals surface area contributed by atoms with Gasteiger partial charge in [0.2, 0.25) is 0 Å². The van der Waals surface area contributed by atoms with E-state index in [4.69, 9.17) is 9.26 Å². The average molecular weight is 465 g/mol. The third-order valence-electron chi connectivity index (χ3n) is 5.43. The molecular weight excluding hydrogens is 442 g/mol. The fourth-order valence-electron chi connectivity index (χ4n) is 4.04. The van der Waals surface area contributed by atoms with Gasteiger partial charge in [0.1, 0.15) is 23.4 Å². The van der Waals surface area contributed by atoms with Crippen molar-refractivity contribution in [2.45, 2.75) is 38.1 Å². The summed E-state index contributed by atoms with van der Waals surface area (Å²) < 4.78 is 51.7. The summed E-state index contributed by atoms with van der Waals surface area (Å²) >= 11 is 0. The zero-order valence-corrected chi connectivity index (χ0v) is 18.3. The molecule has 0 amide bonds. The van der Waals surface area contributed by atoms with Gasteiger partial charge in [-0.05, 0) is 73.2 Å². The summed E-state index contributed by atoms with van der Waals surface area (Å²) in [5.41, 5.74) is 4.54. The van der Waals surface area contributed by atoms with E-state index in [0.29, 0.717) is 18.1 Å². The standard InChI is InChI=1S/C23H23F3NO4P/c24-23(25,26)31-17-11-9-16(10-12-17)30-15-7-5-14(6-8-15)21-20(13-29-32)27-19-4-2-1-3-18(19)22(21)28/h5-12,22,27-28H,1-4,13,32H2. The molecule has 2 unspecified atom stereocenters. The maximum atomic E-state index is 12.3. The molecule has 2 atom stereocenters. The molecule has 2 aromatic carbocycles. The van der Waals surface area contributed by atoms with E-state index in [1.165, 1.54) is 24.3 Å². The van der Waals surface area contributed by atoms with Gasteiger partial charge in [0.15, 0.2) is 0 Å². The number of dihydropyridines is 1. The number of ether oxygens (including phenoxy) is 2. The van der Waals surface area contributed by atoms with Crippen molar-refractivity contribution in [3.63, 3.8) is 0 Å². The minimum absolute atomic E-state index is 0.314. The molecule has 1 aliphatic heterocycles. The van der Waals surface area contributed by atoms with Crippen LogP contribution in [0.3, 0.4) is 0 Å². The summed E-state index contributed by atoms with van der Waals surface area (Å²) in [7, 11) is 2.23. The van der Waals surface area contributed by atoms with Crippen molar-refractivity contribution in [3.8, 4) is 17.2 Å². The maximum Gasteiger partial charge on any atom is 0.573 e. The van der Waals surface area contributed by atoms with E-state index in [9.17, 15) is 18.3 Å². The molecule has 5 nitrogen and oxygen atoms in total. The molecule has 0 saturated heterocycles. The minimum atomic E-state index is -4.74. The summed E-state index contributed by atoms with van der Waals surface area (Å²) in [5.74, 6) is 0.574. The number of hydrogen-bond acceptors (Lipinski definition) is 5. The number of rotatable bonds is 6. The van der Waals surface area contributed by atoms with E-state index in [1.54, 1.807) is 12.1 Å². The summed E-state index contributed by atoms with van der Waals surface area (Å²) in [4.78, 5) is 0. The van der Waals surface area contributed by atoms with Crippen LogP contribution in [0.4, 0.5) is 13.2 Å². The van der Waals surface area contributed by atoms with Crippen molar-refractivity contribution in [2.24, 2.45) is 0 Å². The highest BCUT2D eigenvalue weighted by molar-refractivity contribution is 7.09. The highest BCUT2D eigenvalue weighted by atomic mass is 31.0. The first-order chi connectivity index (χ1) is 15.3. The number of halogens is 3. The lowest BCUT2D eigenvalue weighted by molar-refractivity contribution is -0.274. The third kappa shape index (κ3) is 5.26. The molecule has 32 heavy (non-hydrogen) atoms. The molecule has 1 heterocycles. The van der Waals surface area contributed by atoms with Crippen molar-refractivity contribution in [3.05, 3.63) is 71.1 Å². The normalized spacial score (nSPS) is 18.8. The van der Waals surface area contributed by atoms with Crippen molar-refractivity contribution < 1.29 is 32.3 Å². The number of hydrogen-bond donors (Lipinski definition) is 2. The first kappa shape index (κ1) is 22.6. The van der Waals surface area contributed by atoms with Crippen molar-refractivity contribution >= 4 is 15.0 Å². The smallest absolute Gasteiger partial charge is 0.457 e. The lowest BCUT2D eigenvalue weighted by Gasteiger charge is -2.34. The molecule has 170 valence electrons. The van der Waals surface area contributed by atoms with Crippen LogP contribution in [-0.4, -0.2) is 24.2 Å². The summed E-state index contributed by atoms with van der Waals surface area (Å²) in [6.45, 7) is 0.318. The predicted octanol–water partition coefficient (Wildman–Crippen LogP) is 5.69. The lowest BCUT2D eigenvalue weighted by Crippen LogP contribution is -2.33. The SMILES string of the molecule is OC1C2=C(CCCC2)NC(COP)=C1c1ccc(Oc2ccc(OC(F)(F)F)cc2)cc1. The van der Waals surface area contributed by atoms with Crippen molar-refractivity contribution in [2.75, 3.05) is 6.61 Å². The molecule has 4 rings (SSSR count). The number of alkyl halides is 3. The highest BCUT2D eigenvalue weighted by Gasteiger charge is 2.31. The molecule has 2 aromatic rings. The Balaban J connectivity index is 1.51. The third-order valence-corrected chi connectivity index (χ3v) is 5.59. The highest BCUT2D eigenvalue weighted by Crippen LogP contribution is 2.38. The predicted molar refractivity (Wildman–Crippen MR) is 117 cm³/mol. The Kier molecular flexibility index (Phi) is 6.74. The molecule has 2 N–H and O–H groups in total. The van der Waals surface area contributed by atoms with E-state index < -0.39 is 12.5 Å². The van der Waals surface area contributed by atoms with Crippen LogP contribution in [0.2, 0.25) is 0 Å². The van der Waals surface area contributed by atoms with E-state index >= 15 is 0 Å². The monoisotopic (exact) mass is 465 g/mol. The Hall–Kier alpha value is -2.54. The zero-order valence-electron chi connectivity index (χ0n) is 17.1. The van der Waals surface area contributed by atoms with Gasteiger partial charge < -0.3 is 24.4 Å². The molecule has 2 aliphatic rings. The van der Waals surface area contributed by atoms with Gasteiger partial charge in [0, 0.05) is 26.4 Å². The van der Waals surface area contributed by atoms with Gasteiger partial charge in [-0.3, -0.25) is 0 Å². The summed E-state index contributed by atoms with van der Waals surface area (Å²) in [5, 5.41) is 14.5. The molecule has 0 fully saturated rings. The number of aliphatic hydroxyl groups excluding tert-OH is 1. The maximum absolute atomic E-state index is 12.3. The van der Waals surface area contributed by atoms with Gasteiger partial charge in [0.25, 0.3) is 0 Å². The van der Waals surface area contributed by atoms with Crippen LogP contribution in [0.1, 0.15) is 31.2 Å². The Morgan fingerprint density at radius 2 is 1.53 bits per heavy atom. The molecule has 0 aromatic heterocycles. The molecule has 1 aliphatic carbocycles. The molecule has 0 spiro atoms. The molecule has 0 bridgehead atoms. The van der Waals surface area contributed by atoms with Crippen LogP contribution in [0.25, 0.3) is 5.57 Å². The molecule has 0 saturated carbocycles. The zero-order chi connectivity index (χ0) is 22.7. The van der Waals surface area contributed by atoms with Crippen LogP contribution in [0.5, 0.6) is 17.2 Å². The van der Waals surface area contributed by atoms with Crippen LogP contribution >= 0.6 is 9.47 Å². The quantitative estimate of drug-likeness (QED) is 0.537. The number of benzene rings is 2. The van der Waals surface area contributed by atoms with Gasteiger partial charge in [-0.25, -0.2) is 0 Å². The van der Waals surface area contributed by atoms with Gasteiger partial charge in [-0.15, -0.1) is 13.2 Å². The molecule has 9 heteroatoms. The van der Waals surface area contributed by atoms with Gasteiger partial charge >= 0.3 is 6.36 Å². The van der Waals surface area contributed by atoms with E-state index in [0.717, 1.165) is 53.8 Å². The van der Waals surface area contributed by atoms with Crippen molar-refractivity contribution in [1.29, 1.82) is 0 Å². The first-order valence-electron chi connectivity index (χ1n) is 10.2. The average Bonchev–Trinajstić information content (AvgIpc) is 2.76. The van der Waals surface area contributed by atoms with E-state index in [2.05, 4.69) is 19.5 Å². The van der Waals surface area contributed by atoms with Crippen LogP contribution in [0, 0.1) is 0 Å².